The van der Waals surface area contributed by atoms with Crippen molar-refractivity contribution in [3.05, 3.63) is 66.0 Å². The van der Waals surface area contributed by atoms with Crippen molar-refractivity contribution in [3.63, 3.8) is 0 Å². The Balaban J connectivity index is 1.88. The number of nitrogens with zero attached hydrogens (tertiary/aromatic N) is 1. The molecule has 0 radical (unpaired) electrons. The molecule has 3 rings (SSSR count). The molecule has 0 aliphatic heterocycles. The zero-order chi connectivity index (χ0) is 14.5. The van der Waals surface area contributed by atoms with Crippen LogP contribution in [0.5, 0.6) is 0 Å². The zero-order valence-electron chi connectivity index (χ0n) is 12.8. The molecule has 1 aliphatic carbocycles. The number of likely N-dealkylation sites (N-methyl/N-ethyl adjacent to an activating group) is 1. The predicted molar refractivity (Wildman–Crippen MR) is 87.4 cm³/mol. The number of hydrogen-bond acceptors (Lipinski definition) is 2. The third-order valence-corrected chi connectivity index (χ3v) is 4.85. The van der Waals surface area contributed by atoms with E-state index in [-0.39, 0.29) is 5.41 Å². The van der Waals surface area contributed by atoms with Gasteiger partial charge in [0.1, 0.15) is 0 Å². The number of hydrogen-bond donors (Lipinski definition) is 1. The third kappa shape index (κ3) is 2.86. The molecule has 2 heteroatoms. The molecular formula is C19H24N2. The molecule has 1 fully saturated rings. The second-order valence-electron chi connectivity index (χ2n) is 6.01. The van der Waals surface area contributed by atoms with Gasteiger partial charge in [-0.05, 0) is 37.1 Å². The molecule has 21 heavy (non-hydrogen) atoms. The third-order valence-electron chi connectivity index (χ3n) is 4.85. The van der Waals surface area contributed by atoms with Gasteiger partial charge in [-0.2, -0.15) is 0 Å². The molecule has 1 aromatic carbocycles. The van der Waals surface area contributed by atoms with Gasteiger partial charge in [0.15, 0.2) is 0 Å². The van der Waals surface area contributed by atoms with Crippen LogP contribution >= 0.6 is 0 Å². The normalized spacial score (nSPS) is 18.0. The minimum Gasteiger partial charge on any atom is -0.313 e. The van der Waals surface area contributed by atoms with Crippen LogP contribution in [0.25, 0.3) is 0 Å². The van der Waals surface area contributed by atoms with Crippen LogP contribution in [-0.2, 0) is 11.8 Å². The van der Waals surface area contributed by atoms with Crippen molar-refractivity contribution in [3.8, 4) is 0 Å². The van der Waals surface area contributed by atoms with Crippen LogP contribution in [0.3, 0.4) is 0 Å². The Labute approximate surface area is 127 Å². The van der Waals surface area contributed by atoms with Gasteiger partial charge in [-0.25, -0.2) is 0 Å². The molecule has 1 N–H and O–H groups in total. The van der Waals surface area contributed by atoms with Crippen molar-refractivity contribution in [2.45, 2.75) is 44.1 Å². The molecular weight excluding hydrogens is 256 g/mol. The molecule has 1 unspecified atom stereocenters. The maximum Gasteiger partial charge on any atom is 0.0419 e. The van der Waals surface area contributed by atoms with Gasteiger partial charge in [0.2, 0.25) is 0 Å². The number of nitrogens with one attached hydrogen (secondary N) is 1. The molecule has 0 amide bonds. The van der Waals surface area contributed by atoms with Crippen LogP contribution in [0.1, 0.15) is 37.4 Å². The standard InChI is InChI=1S/C19H24N2/c1-2-20-18(15-17-11-6-7-14-21-17)19(12-8-13-19)16-9-4-3-5-10-16/h3-7,9-11,14,18,20H,2,8,12-13,15H2,1H3. The molecule has 2 aromatic rings. The van der Waals surface area contributed by atoms with E-state index in [1.165, 1.54) is 30.5 Å². The topological polar surface area (TPSA) is 24.9 Å². The first kappa shape index (κ1) is 14.3. The monoisotopic (exact) mass is 280 g/mol. The molecule has 0 spiro atoms. The number of benzene rings is 1. The van der Waals surface area contributed by atoms with Crippen LogP contribution in [0.4, 0.5) is 0 Å². The quantitative estimate of drug-likeness (QED) is 0.872. The highest BCUT2D eigenvalue weighted by atomic mass is 14.9. The van der Waals surface area contributed by atoms with E-state index in [0.717, 1.165) is 13.0 Å². The van der Waals surface area contributed by atoms with Gasteiger partial charge in [0.25, 0.3) is 0 Å². The van der Waals surface area contributed by atoms with E-state index >= 15 is 0 Å². The van der Waals surface area contributed by atoms with Crippen molar-refractivity contribution in [1.82, 2.24) is 10.3 Å². The van der Waals surface area contributed by atoms with E-state index < -0.39 is 0 Å². The fourth-order valence-corrected chi connectivity index (χ4v) is 3.60. The molecule has 2 nitrogen and oxygen atoms in total. The van der Waals surface area contributed by atoms with E-state index in [4.69, 9.17) is 0 Å². The van der Waals surface area contributed by atoms with Gasteiger partial charge in [0, 0.05) is 29.8 Å². The van der Waals surface area contributed by atoms with Gasteiger partial charge in [-0.15, -0.1) is 0 Å². The fraction of sp³-hybridized carbons (Fsp3) is 0.421. The number of pyridine rings is 1. The van der Waals surface area contributed by atoms with Gasteiger partial charge >= 0.3 is 0 Å². The molecule has 1 aromatic heterocycles. The maximum absolute atomic E-state index is 4.53. The average molecular weight is 280 g/mol. The second-order valence-corrected chi connectivity index (χ2v) is 6.01. The Hall–Kier alpha value is -1.67. The van der Waals surface area contributed by atoms with E-state index in [0.29, 0.717) is 6.04 Å². The van der Waals surface area contributed by atoms with E-state index in [2.05, 4.69) is 59.7 Å². The summed E-state index contributed by atoms with van der Waals surface area (Å²) in [4.78, 5) is 4.53. The lowest BCUT2D eigenvalue weighted by molar-refractivity contribution is 0.168. The molecule has 110 valence electrons. The van der Waals surface area contributed by atoms with Crippen molar-refractivity contribution in [2.24, 2.45) is 0 Å². The van der Waals surface area contributed by atoms with E-state index in [1.54, 1.807) is 0 Å². The van der Waals surface area contributed by atoms with Crippen molar-refractivity contribution in [2.75, 3.05) is 6.54 Å². The summed E-state index contributed by atoms with van der Waals surface area (Å²) in [5, 5.41) is 3.73. The lowest BCUT2D eigenvalue weighted by Crippen LogP contribution is -2.54. The Morgan fingerprint density at radius 2 is 1.86 bits per heavy atom. The second kappa shape index (κ2) is 6.40. The van der Waals surface area contributed by atoms with Crippen LogP contribution in [0, 0.1) is 0 Å². The van der Waals surface area contributed by atoms with Gasteiger partial charge < -0.3 is 5.32 Å². The first-order valence-corrected chi connectivity index (χ1v) is 8.04. The summed E-state index contributed by atoms with van der Waals surface area (Å²) in [5.41, 5.74) is 2.96. The van der Waals surface area contributed by atoms with Crippen LogP contribution in [0.2, 0.25) is 0 Å². The number of rotatable bonds is 6. The molecule has 1 aliphatic rings. The summed E-state index contributed by atoms with van der Waals surface area (Å²) in [6.45, 7) is 3.20. The Morgan fingerprint density at radius 3 is 2.43 bits per heavy atom. The summed E-state index contributed by atoms with van der Waals surface area (Å²) < 4.78 is 0. The first-order valence-electron chi connectivity index (χ1n) is 8.04. The number of aromatic nitrogens is 1. The van der Waals surface area contributed by atoms with Gasteiger partial charge in [-0.3, -0.25) is 4.98 Å². The molecule has 0 saturated heterocycles. The van der Waals surface area contributed by atoms with Crippen molar-refractivity contribution < 1.29 is 0 Å². The lowest BCUT2D eigenvalue weighted by atomic mass is 9.59. The Bertz CT molecular complexity index is 546. The Kier molecular flexibility index (Phi) is 4.35. The molecule has 1 heterocycles. The highest BCUT2D eigenvalue weighted by Gasteiger charge is 2.44. The fourth-order valence-electron chi connectivity index (χ4n) is 3.60. The average Bonchev–Trinajstić information content (AvgIpc) is 2.48. The summed E-state index contributed by atoms with van der Waals surface area (Å²) in [5.74, 6) is 0. The summed E-state index contributed by atoms with van der Waals surface area (Å²) in [7, 11) is 0. The van der Waals surface area contributed by atoms with Gasteiger partial charge in [-0.1, -0.05) is 49.7 Å². The molecule has 1 saturated carbocycles. The lowest BCUT2D eigenvalue weighted by Gasteiger charge is -2.49. The smallest absolute Gasteiger partial charge is 0.0419 e. The predicted octanol–water partition coefficient (Wildman–Crippen LogP) is 3.72. The van der Waals surface area contributed by atoms with E-state index in [9.17, 15) is 0 Å². The minimum absolute atomic E-state index is 0.286. The zero-order valence-corrected chi connectivity index (χ0v) is 12.8. The first-order chi connectivity index (χ1) is 10.3. The largest absolute Gasteiger partial charge is 0.313 e. The summed E-state index contributed by atoms with van der Waals surface area (Å²) >= 11 is 0. The van der Waals surface area contributed by atoms with Crippen molar-refractivity contribution >= 4 is 0 Å². The SMILES string of the molecule is CCNC(Cc1ccccn1)C1(c2ccccc2)CCC1. The molecule has 1 atom stereocenters. The summed E-state index contributed by atoms with van der Waals surface area (Å²) in [6.07, 6.45) is 6.79. The van der Waals surface area contributed by atoms with Crippen molar-refractivity contribution in [1.29, 1.82) is 0 Å². The summed E-state index contributed by atoms with van der Waals surface area (Å²) in [6, 6.07) is 17.7. The maximum atomic E-state index is 4.53. The molecule has 0 bridgehead atoms. The minimum atomic E-state index is 0.286. The van der Waals surface area contributed by atoms with E-state index in [1.807, 2.05) is 12.3 Å². The van der Waals surface area contributed by atoms with Crippen LogP contribution < -0.4 is 5.32 Å². The highest BCUT2D eigenvalue weighted by Crippen LogP contribution is 2.47. The Morgan fingerprint density at radius 1 is 1.10 bits per heavy atom. The van der Waals surface area contributed by atoms with Crippen LogP contribution in [-0.4, -0.2) is 17.6 Å². The van der Waals surface area contributed by atoms with Crippen LogP contribution in [0.15, 0.2) is 54.7 Å². The van der Waals surface area contributed by atoms with Gasteiger partial charge in [0.05, 0.1) is 0 Å². The highest BCUT2D eigenvalue weighted by molar-refractivity contribution is 5.31.